The molecule has 0 aliphatic carbocycles. The van der Waals surface area contributed by atoms with Crippen LogP contribution >= 0.6 is 0 Å². The summed E-state index contributed by atoms with van der Waals surface area (Å²) in [4.78, 5) is 2.54. The minimum absolute atomic E-state index is 0.437. The Kier molecular flexibility index (Phi) is 6.32. The van der Waals surface area contributed by atoms with Crippen LogP contribution in [0.3, 0.4) is 0 Å². The fourth-order valence-corrected chi connectivity index (χ4v) is 2.30. The molecule has 1 heterocycles. The van der Waals surface area contributed by atoms with Crippen molar-refractivity contribution in [1.29, 1.82) is 0 Å². The number of piperidine rings is 1. The molecule has 3 nitrogen and oxygen atoms in total. The topological polar surface area (TPSA) is 24.5 Å². The Balaban J connectivity index is 2.13. The van der Waals surface area contributed by atoms with Gasteiger partial charge in [-0.1, -0.05) is 20.8 Å². The molecule has 3 heteroatoms. The highest BCUT2D eigenvalue weighted by atomic mass is 16.5. The van der Waals surface area contributed by atoms with Crippen molar-refractivity contribution >= 4 is 0 Å². The van der Waals surface area contributed by atoms with Crippen molar-refractivity contribution < 1.29 is 4.74 Å². The zero-order valence-electron chi connectivity index (χ0n) is 11.3. The third kappa shape index (κ3) is 4.81. The maximum Gasteiger partial charge on any atom is 0.0724 e. The zero-order chi connectivity index (χ0) is 12.0. The predicted molar refractivity (Wildman–Crippen MR) is 68.8 cm³/mol. The summed E-state index contributed by atoms with van der Waals surface area (Å²) in [7, 11) is 1.84. The lowest BCUT2D eigenvalue weighted by Gasteiger charge is -2.36. The van der Waals surface area contributed by atoms with E-state index in [-0.39, 0.29) is 0 Å². The largest absolute Gasteiger partial charge is 0.380 e. The van der Waals surface area contributed by atoms with E-state index in [0.29, 0.717) is 12.1 Å². The minimum atomic E-state index is 0.437. The number of methoxy groups -OCH3 is 1. The maximum absolute atomic E-state index is 5.52. The molecule has 16 heavy (non-hydrogen) atoms. The molecular formula is C13H28N2O. The lowest BCUT2D eigenvalue weighted by molar-refractivity contribution is -0.00508. The number of hydrogen-bond donors (Lipinski definition) is 1. The van der Waals surface area contributed by atoms with Gasteiger partial charge in [0.05, 0.1) is 6.10 Å². The van der Waals surface area contributed by atoms with Crippen molar-refractivity contribution in [2.45, 2.75) is 45.8 Å². The molecule has 0 radical (unpaired) electrons. The van der Waals surface area contributed by atoms with Crippen LogP contribution in [-0.4, -0.2) is 50.3 Å². The zero-order valence-corrected chi connectivity index (χ0v) is 11.3. The number of hydrogen-bond acceptors (Lipinski definition) is 3. The normalized spacial score (nSPS) is 27.6. The summed E-state index contributed by atoms with van der Waals surface area (Å²) in [6.07, 6.45) is 2.95. The van der Waals surface area contributed by atoms with Crippen molar-refractivity contribution in [1.82, 2.24) is 10.2 Å². The van der Waals surface area contributed by atoms with Gasteiger partial charge < -0.3 is 15.0 Å². The Hall–Kier alpha value is -0.120. The van der Waals surface area contributed by atoms with Crippen LogP contribution in [0.1, 0.15) is 33.6 Å². The smallest absolute Gasteiger partial charge is 0.0724 e. The van der Waals surface area contributed by atoms with Gasteiger partial charge >= 0.3 is 0 Å². The van der Waals surface area contributed by atoms with Crippen LogP contribution < -0.4 is 5.32 Å². The average Bonchev–Trinajstić information content (AvgIpc) is 2.26. The van der Waals surface area contributed by atoms with E-state index in [1.54, 1.807) is 0 Å². The molecule has 2 atom stereocenters. The molecule has 1 aliphatic rings. The van der Waals surface area contributed by atoms with E-state index in [1.165, 1.54) is 25.9 Å². The first kappa shape index (κ1) is 13.9. The van der Waals surface area contributed by atoms with Crippen LogP contribution in [0, 0.1) is 5.92 Å². The monoisotopic (exact) mass is 228 g/mol. The standard InChI is InChI=1S/C13H28N2O/c1-11(2)14-7-5-8-15-9-6-12(3)13(10-15)16-4/h11-14H,5-10H2,1-4H3. The quantitative estimate of drug-likeness (QED) is 0.701. The lowest BCUT2D eigenvalue weighted by atomic mass is 9.96. The molecule has 1 aliphatic heterocycles. The fourth-order valence-electron chi connectivity index (χ4n) is 2.30. The third-order valence-electron chi connectivity index (χ3n) is 3.48. The van der Waals surface area contributed by atoms with Crippen LogP contribution in [-0.2, 0) is 4.74 Å². The molecule has 0 bridgehead atoms. The van der Waals surface area contributed by atoms with Gasteiger partial charge in [-0.05, 0) is 38.4 Å². The molecule has 0 aromatic rings. The van der Waals surface area contributed by atoms with Crippen molar-refractivity contribution in [2.75, 3.05) is 33.3 Å². The van der Waals surface area contributed by atoms with Crippen molar-refractivity contribution in [2.24, 2.45) is 5.92 Å². The van der Waals surface area contributed by atoms with Gasteiger partial charge in [-0.25, -0.2) is 0 Å². The van der Waals surface area contributed by atoms with E-state index in [1.807, 2.05) is 7.11 Å². The van der Waals surface area contributed by atoms with Crippen molar-refractivity contribution in [3.05, 3.63) is 0 Å². The molecule has 0 aromatic carbocycles. The molecule has 1 rings (SSSR count). The summed E-state index contributed by atoms with van der Waals surface area (Å²) in [6.45, 7) is 11.4. The second-order valence-corrected chi connectivity index (χ2v) is 5.30. The SMILES string of the molecule is COC1CN(CCCNC(C)C)CCC1C. The summed E-state index contributed by atoms with van der Waals surface area (Å²) in [5, 5.41) is 3.46. The van der Waals surface area contributed by atoms with Gasteiger partial charge in [0.1, 0.15) is 0 Å². The van der Waals surface area contributed by atoms with Gasteiger partial charge in [0.15, 0.2) is 0 Å². The van der Waals surface area contributed by atoms with Gasteiger partial charge in [0.25, 0.3) is 0 Å². The second kappa shape index (κ2) is 7.25. The maximum atomic E-state index is 5.52. The molecule has 1 fully saturated rings. The fraction of sp³-hybridized carbons (Fsp3) is 1.00. The first-order valence-electron chi connectivity index (χ1n) is 6.62. The number of nitrogens with one attached hydrogen (secondary N) is 1. The number of nitrogens with zero attached hydrogens (tertiary/aromatic N) is 1. The van der Waals surface area contributed by atoms with Gasteiger partial charge in [-0.3, -0.25) is 0 Å². The molecule has 0 spiro atoms. The van der Waals surface area contributed by atoms with E-state index in [4.69, 9.17) is 4.74 Å². The van der Waals surface area contributed by atoms with E-state index >= 15 is 0 Å². The first-order chi connectivity index (χ1) is 7.63. The Morgan fingerprint density at radius 3 is 2.81 bits per heavy atom. The van der Waals surface area contributed by atoms with Gasteiger partial charge in [0.2, 0.25) is 0 Å². The molecule has 0 saturated carbocycles. The van der Waals surface area contributed by atoms with Crippen molar-refractivity contribution in [3.63, 3.8) is 0 Å². The van der Waals surface area contributed by atoms with E-state index in [0.717, 1.165) is 19.0 Å². The molecule has 1 saturated heterocycles. The molecule has 0 amide bonds. The lowest BCUT2D eigenvalue weighted by Crippen LogP contribution is -2.44. The average molecular weight is 228 g/mol. The van der Waals surface area contributed by atoms with Crippen LogP contribution in [0.25, 0.3) is 0 Å². The van der Waals surface area contributed by atoms with Crippen LogP contribution in [0.5, 0.6) is 0 Å². The van der Waals surface area contributed by atoms with Gasteiger partial charge in [-0.2, -0.15) is 0 Å². The summed E-state index contributed by atoms with van der Waals surface area (Å²) in [5.41, 5.74) is 0. The third-order valence-corrected chi connectivity index (χ3v) is 3.48. The van der Waals surface area contributed by atoms with E-state index in [2.05, 4.69) is 31.0 Å². The summed E-state index contributed by atoms with van der Waals surface area (Å²) >= 11 is 0. The summed E-state index contributed by atoms with van der Waals surface area (Å²) in [6, 6.07) is 0.605. The number of rotatable bonds is 6. The predicted octanol–water partition coefficient (Wildman–Crippen LogP) is 1.73. The molecule has 1 N–H and O–H groups in total. The highest BCUT2D eigenvalue weighted by molar-refractivity contribution is 4.78. The van der Waals surface area contributed by atoms with Crippen molar-refractivity contribution in [3.8, 4) is 0 Å². The Morgan fingerprint density at radius 2 is 2.19 bits per heavy atom. The molecule has 2 unspecified atom stereocenters. The van der Waals surface area contributed by atoms with Gasteiger partial charge in [0, 0.05) is 19.7 Å². The highest BCUT2D eigenvalue weighted by Gasteiger charge is 2.25. The minimum Gasteiger partial charge on any atom is -0.380 e. The van der Waals surface area contributed by atoms with Crippen LogP contribution in [0.2, 0.25) is 0 Å². The molecular weight excluding hydrogens is 200 g/mol. The Labute approximate surface area is 101 Å². The Morgan fingerprint density at radius 1 is 1.44 bits per heavy atom. The summed E-state index contributed by atoms with van der Waals surface area (Å²) < 4.78 is 5.52. The first-order valence-corrected chi connectivity index (χ1v) is 6.62. The molecule has 96 valence electrons. The van der Waals surface area contributed by atoms with Crippen LogP contribution in [0.4, 0.5) is 0 Å². The molecule has 0 aromatic heterocycles. The van der Waals surface area contributed by atoms with Gasteiger partial charge in [-0.15, -0.1) is 0 Å². The summed E-state index contributed by atoms with van der Waals surface area (Å²) in [5.74, 6) is 0.718. The van der Waals surface area contributed by atoms with E-state index in [9.17, 15) is 0 Å². The number of likely N-dealkylation sites (tertiary alicyclic amines) is 1. The highest BCUT2D eigenvalue weighted by Crippen LogP contribution is 2.19. The van der Waals surface area contributed by atoms with E-state index < -0.39 is 0 Å². The Bertz CT molecular complexity index is 185. The number of ether oxygens (including phenoxy) is 1. The second-order valence-electron chi connectivity index (χ2n) is 5.30. The van der Waals surface area contributed by atoms with Crippen LogP contribution in [0.15, 0.2) is 0 Å².